The summed E-state index contributed by atoms with van der Waals surface area (Å²) in [5.74, 6) is -3.47. The van der Waals surface area contributed by atoms with E-state index >= 15 is 0 Å². The Balaban J connectivity index is 0.000000454. The lowest BCUT2D eigenvalue weighted by atomic mass is 10.0. The Bertz CT molecular complexity index is 894. The van der Waals surface area contributed by atoms with Gasteiger partial charge in [0.05, 0.1) is 0 Å². The highest BCUT2D eigenvalue weighted by Gasteiger charge is 2.29. The Labute approximate surface area is 194 Å². The number of likely N-dealkylation sites (tertiary alicyclic amines) is 1. The second-order valence-corrected chi connectivity index (χ2v) is 8.30. The fourth-order valence-electron chi connectivity index (χ4n) is 4.34. The summed E-state index contributed by atoms with van der Waals surface area (Å²) in [6, 6.07) is 21.1. The van der Waals surface area contributed by atoms with Gasteiger partial charge >= 0.3 is 11.9 Å². The number of hydrogen-bond acceptors (Lipinski definition) is 5. The normalized spacial score (nSPS) is 17.6. The van der Waals surface area contributed by atoms with Crippen LogP contribution in [0.3, 0.4) is 0 Å². The van der Waals surface area contributed by atoms with Crippen molar-refractivity contribution in [1.82, 2.24) is 14.7 Å². The molecule has 2 aliphatic rings. The highest BCUT2D eigenvalue weighted by Crippen LogP contribution is 2.20. The van der Waals surface area contributed by atoms with Crippen molar-refractivity contribution >= 4 is 17.8 Å². The van der Waals surface area contributed by atoms with Crippen LogP contribution in [0.5, 0.6) is 0 Å². The standard InChI is InChI=1S/C23H29N3O.C2H2O4/c27-23(21-9-5-2-6-10-21)26-17-15-25(16-18-26)22-11-13-24(14-12-22)19-20-7-3-1-4-8-20;3-1(4)2(5)6/h1-10,22H,11-19H2;(H,3,4)(H,5,6). The molecule has 8 heteroatoms. The zero-order valence-electron chi connectivity index (χ0n) is 18.7. The molecule has 0 unspecified atom stereocenters. The number of nitrogens with zero attached hydrogens (tertiary/aromatic N) is 3. The average Bonchev–Trinajstić information content (AvgIpc) is 2.86. The lowest BCUT2D eigenvalue weighted by Crippen LogP contribution is -2.54. The summed E-state index contributed by atoms with van der Waals surface area (Å²) >= 11 is 0. The first-order chi connectivity index (χ1) is 15.9. The second-order valence-electron chi connectivity index (χ2n) is 8.30. The van der Waals surface area contributed by atoms with Crippen molar-refractivity contribution in [1.29, 1.82) is 0 Å². The van der Waals surface area contributed by atoms with Gasteiger partial charge in [0, 0.05) is 44.3 Å². The minimum atomic E-state index is -1.82. The first-order valence-electron chi connectivity index (χ1n) is 11.2. The monoisotopic (exact) mass is 453 g/mol. The smallest absolute Gasteiger partial charge is 0.414 e. The first-order valence-corrected chi connectivity index (χ1v) is 11.2. The average molecular weight is 454 g/mol. The van der Waals surface area contributed by atoms with E-state index in [1.54, 1.807) is 0 Å². The van der Waals surface area contributed by atoms with Gasteiger partial charge < -0.3 is 15.1 Å². The number of piperazine rings is 1. The van der Waals surface area contributed by atoms with Gasteiger partial charge in [-0.15, -0.1) is 0 Å². The van der Waals surface area contributed by atoms with Crippen LogP contribution < -0.4 is 0 Å². The van der Waals surface area contributed by atoms with Gasteiger partial charge in [-0.05, 0) is 43.6 Å². The number of rotatable bonds is 4. The third kappa shape index (κ3) is 7.40. The predicted molar refractivity (Wildman–Crippen MR) is 124 cm³/mol. The fraction of sp³-hybridized carbons (Fsp3) is 0.400. The molecule has 2 aromatic carbocycles. The van der Waals surface area contributed by atoms with E-state index < -0.39 is 11.9 Å². The highest BCUT2D eigenvalue weighted by atomic mass is 16.4. The molecule has 2 heterocycles. The molecule has 0 saturated carbocycles. The molecular formula is C25H31N3O5. The van der Waals surface area contributed by atoms with Crippen molar-refractivity contribution in [3.63, 3.8) is 0 Å². The van der Waals surface area contributed by atoms with Crippen LogP contribution in [-0.2, 0) is 16.1 Å². The van der Waals surface area contributed by atoms with Crippen LogP contribution in [0.4, 0.5) is 0 Å². The number of hydrogen-bond donors (Lipinski definition) is 2. The van der Waals surface area contributed by atoms with E-state index in [1.165, 1.54) is 31.5 Å². The van der Waals surface area contributed by atoms with Crippen molar-refractivity contribution in [2.75, 3.05) is 39.3 Å². The van der Waals surface area contributed by atoms with Crippen LogP contribution in [0, 0.1) is 0 Å². The minimum absolute atomic E-state index is 0.174. The van der Waals surface area contributed by atoms with Gasteiger partial charge in [-0.3, -0.25) is 14.6 Å². The summed E-state index contributed by atoms with van der Waals surface area (Å²) in [5, 5.41) is 14.8. The summed E-state index contributed by atoms with van der Waals surface area (Å²) < 4.78 is 0. The Kier molecular flexibility index (Phi) is 8.97. The minimum Gasteiger partial charge on any atom is -0.473 e. The number of piperidine rings is 1. The Hall–Kier alpha value is -3.23. The Morgan fingerprint density at radius 2 is 1.24 bits per heavy atom. The van der Waals surface area contributed by atoms with Crippen molar-refractivity contribution in [3.05, 3.63) is 71.8 Å². The molecule has 0 bridgehead atoms. The number of carbonyl (C=O) groups excluding carboxylic acids is 1. The van der Waals surface area contributed by atoms with E-state index in [4.69, 9.17) is 19.8 Å². The number of carboxylic acids is 2. The summed E-state index contributed by atoms with van der Waals surface area (Å²) in [6.07, 6.45) is 2.47. The molecule has 0 atom stereocenters. The van der Waals surface area contributed by atoms with E-state index in [2.05, 4.69) is 40.1 Å². The molecule has 0 aromatic heterocycles. The molecule has 4 rings (SSSR count). The molecule has 0 radical (unpaired) electrons. The third-order valence-electron chi connectivity index (χ3n) is 6.13. The number of benzene rings is 2. The van der Waals surface area contributed by atoms with Gasteiger partial charge in [-0.2, -0.15) is 0 Å². The fourth-order valence-corrected chi connectivity index (χ4v) is 4.34. The van der Waals surface area contributed by atoms with E-state index in [0.29, 0.717) is 6.04 Å². The van der Waals surface area contributed by atoms with Gasteiger partial charge in [0.2, 0.25) is 0 Å². The highest BCUT2D eigenvalue weighted by molar-refractivity contribution is 6.27. The topological polar surface area (TPSA) is 101 Å². The molecule has 2 aliphatic heterocycles. The van der Waals surface area contributed by atoms with Crippen molar-refractivity contribution in [2.24, 2.45) is 0 Å². The summed E-state index contributed by atoms with van der Waals surface area (Å²) in [4.78, 5) is 38.0. The van der Waals surface area contributed by atoms with Crippen molar-refractivity contribution < 1.29 is 24.6 Å². The van der Waals surface area contributed by atoms with E-state index in [-0.39, 0.29) is 5.91 Å². The largest absolute Gasteiger partial charge is 0.473 e. The van der Waals surface area contributed by atoms with Crippen molar-refractivity contribution in [2.45, 2.75) is 25.4 Å². The number of carbonyl (C=O) groups is 3. The molecule has 0 aliphatic carbocycles. The van der Waals surface area contributed by atoms with Crippen LogP contribution in [0.25, 0.3) is 0 Å². The second kappa shape index (κ2) is 12.1. The molecular weight excluding hydrogens is 422 g/mol. The van der Waals surface area contributed by atoms with Gasteiger partial charge in [0.15, 0.2) is 0 Å². The lowest BCUT2D eigenvalue weighted by molar-refractivity contribution is -0.159. The maximum Gasteiger partial charge on any atom is 0.414 e. The predicted octanol–water partition coefficient (Wildman–Crippen LogP) is 2.26. The molecule has 8 nitrogen and oxygen atoms in total. The maximum atomic E-state index is 12.6. The molecule has 2 saturated heterocycles. The first kappa shape index (κ1) is 24.4. The molecule has 33 heavy (non-hydrogen) atoms. The van der Waals surface area contributed by atoms with Crippen molar-refractivity contribution in [3.8, 4) is 0 Å². The quantitative estimate of drug-likeness (QED) is 0.685. The summed E-state index contributed by atoms with van der Waals surface area (Å²) in [7, 11) is 0. The van der Waals surface area contributed by atoms with Crippen LogP contribution in [-0.4, -0.2) is 88.1 Å². The van der Waals surface area contributed by atoms with Crippen LogP contribution >= 0.6 is 0 Å². The lowest BCUT2D eigenvalue weighted by Gasteiger charge is -2.42. The SMILES string of the molecule is O=C(O)C(=O)O.O=C(c1ccccc1)N1CCN(C2CCN(Cc3ccccc3)CC2)CC1. The van der Waals surface area contributed by atoms with E-state index in [9.17, 15) is 4.79 Å². The zero-order chi connectivity index (χ0) is 23.6. The van der Waals surface area contributed by atoms with Gasteiger partial charge in [-0.25, -0.2) is 9.59 Å². The summed E-state index contributed by atoms with van der Waals surface area (Å²) in [5.41, 5.74) is 2.21. The maximum absolute atomic E-state index is 12.6. The molecule has 2 N–H and O–H groups in total. The molecule has 0 spiro atoms. The number of carboxylic acid groups (broad SMARTS) is 2. The molecule has 2 aromatic rings. The number of aliphatic carboxylic acids is 2. The van der Waals surface area contributed by atoms with E-state index in [1.807, 2.05) is 35.2 Å². The Morgan fingerprint density at radius 3 is 1.76 bits per heavy atom. The van der Waals surface area contributed by atoms with E-state index in [0.717, 1.165) is 38.3 Å². The van der Waals surface area contributed by atoms with Gasteiger partial charge in [-0.1, -0.05) is 48.5 Å². The van der Waals surface area contributed by atoms with Gasteiger partial charge in [0.1, 0.15) is 0 Å². The molecule has 176 valence electrons. The molecule has 2 fully saturated rings. The van der Waals surface area contributed by atoms with Crippen LogP contribution in [0.1, 0.15) is 28.8 Å². The van der Waals surface area contributed by atoms with Crippen LogP contribution in [0.2, 0.25) is 0 Å². The molecule has 1 amide bonds. The Morgan fingerprint density at radius 1 is 0.727 bits per heavy atom. The zero-order valence-corrected chi connectivity index (χ0v) is 18.7. The summed E-state index contributed by atoms with van der Waals surface area (Å²) in [6.45, 7) is 7.10. The third-order valence-corrected chi connectivity index (χ3v) is 6.13. The van der Waals surface area contributed by atoms with Crippen LogP contribution in [0.15, 0.2) is 60.7 Å². The number of amides is 1. The van der Waals surface area contributed by atoms with Gasteiger partial charge in [0.25, 0.3) is 5.91 Å².